The van der Waals surface area contributed by atoms with E-state index in [9.17, 15) is 14.4 Å². The van der Waals surface area contributed by atoms with Crippen LogP contribution in [0.3, 0.4) is 0 Å². The van der Waals surface area contributed by atoms with E-state index in [4.69, 9.17) is 9.52 Å². The molecular weight excluding hydrogens is 324 g/mol. The van der Waals surface area contributed by atoms with Gasteiger partial charge in [-0.1, -0.05) is 30.3 Å². The molecule has 1 heterocycles. The van der Waals surface area contributed by atoms with Gasteiger partial charge in [0.1, 0.15) is 18.0 Å². The van der Waals surface area contributed by atoms with Crippen LogP contribution in [-0.2, 0) is 14.4 Å². The van der Waals surface area contributed by atoms with Gasteiger partial charge in [0.05, 0.1) is 6.26 Å². The molecule has 7 heteroatoms. The van der Waals surface area contributed by atoms with Crippen molar-refractivity contribution in [2.45, 2.75) is 0 Å². The summed E-state index contributed by atoms with van der Waals surface area (Å²) in [5, 5.41) is 13.2. The molecule has 25 heavy (non-hydrogen) atoms. The summed E-state index contributed by atoms with van der Waals surface area (Å²) in [4.78, 5) is 34.7. The number of carbonyl (C=O) groups excluding carboxylic acids is 2. The van der Waals surface area contributed by atoms with Crippen LogP contribution in [0.5, 0.6) is 0 Å². The van der Waals surface area contributed by atoms with E-state index < -0.39 is 24.3 Å². The molecule has 7 nitrogen and oxygen atoms in total. The molecule has 0 unspecified atom stereocenters. The van der Waals surface area contributed by atoms with Gasteiger partial charge in [0, 0.05) is 12.2 Å². The van der Waals surface area contributed by atoms with Crippen molar-refractivity contribution in [3.63, 3.8) is 0 Å². The fourth-order valence-corrected chi connectivity index (χ4v) is 1.84. The van der Waals surface area contributed by atoms with Gasteiger partial charge in [-0.25, -0.2) is 0 Å². The topological polar surface area (TPSA) is 109 Å². The number of carboxylic acid groups (broad SMARTS) is 1. The predicted molar refractivity (Wildman–Crippen MR) is 90.9 cm³/mol. The van der Waals surface area contributed by atoms with Gasteiger partial charge in [-0.15, -0.1) is 0 Å². The standard InChI is InChI=1S/C18H16N2O5/c21-16(9-8-13-5-2-1-3-6-13)20-15(11-14-7-4-10-25-14)18(24)19-12-17(22)23/h1-11H,12H2,(H,19,24)(H,20,21)(H,22,23)/b9-8+,15-11+. The summed E-state index contributed by atoms with van der Waals surface area (Å²) in [5.74, 6) is -2.12. The number of carboxylic acids is 1. The van der Waals surface area contributed by atoms with Crippen molar-refractivity contribution in [3.8, 4) is 0 Å². The van der Waals surface area contributed by atoms with Crippen LogP contribution in [0.25, 0.3) is 12.2 Å². The Morgan fingerprint density at radius 1 is 1.08 bits per heavy atom. The van der Waals surface area contributed by atoms with Gasteiger partial charge in [-0.2, -0.15) is 0 Å². The molecule has 0 saturated heterocycles. The molecule has 0 aliphatic carbocycles. The van der Waals surface area contributed by atoms with E-state index in [-0.39, 0.29) is 5.70 Å². The third-order valence-corrected chi connectivity index (χ3v) is 2.96. The lowest BCUT2D eigenvalue weighted by molar-refractivity contribution is -0.137. The second-order valence-corrected chi connectivity index (χ2v) is 4.88. The fourth-order valence-electron chi connectivity index (χ4n) is 1.84. The van der Waals surface area contributed by atoms with Crippen LogP contribution in [0, 0.1) is 0 Å². The number of nitrogens with one attached hydrogen (secondary N) is 2. The first-order chi connectivity index (χ1) is 12.0. The number of benzene rings is 1. The molecule has 1 aromatic heterocycles. The molecule has 0 aliphatic rings. The van der Waals surface area contributed by atoms with Crippen molar-refractivity contribution in [2.24, 2.45) is 0 Å². The van der Waals surface area contributed by atoms with Crippen molar-refractivity contribution >= 4 is 29.9 Å². The second-order valence-electron chi connectivity index (χ2n) is 4.88. The van der Waals surface area contributed by atoms with E-state index in [1.807, 2.05) is 30.3 Å². The maximum Gasteiger partial charge on any atom is 0.322 e. The third kappa shape index (κ3) is 6.19. The van der Waals surface area contributed by atoms with Crippen LogP contribution in [-0.4, -0.2) is 29.4 Å². The summed E-state index contributed by atoms with van der Waals surface area (Å²) in [6, 6.07) is 12.4. The fraction of sp³-hybridized carbons (Fsp3) is 0.0556. The molecule has 0 bridgehead atoms. The Bertz CT molecular complexity index is 792. The molecule has 0 aliphatic heterocycles. The van der Waals surface area contributed by atoms with Gasteiger partial charge < -0.3 is 20.2 Å². The van der Waals surface area contributed by atoms with Gasteiger partial charge in [0.25, 0.3) is 5.91 Å². The van der Waals surface area contributed by atoms with Crippen LogP contribution in [0.15, 0.2) is 64.9 Å². The van der Waals surface area contributed by atoms with Crippen LogP contribution in [0.2, 0.25) is 0 Å². The largest absolute Gasteiger partial charge is 0.480 e. The highest BCUT2D eigenvalue weighted by Gasteiger charge is 2.13. The van der Waals surface area contributed by atoms with E-state index in [1.54, 1.807) is 18.2 Å². The van der Waals surface area contributed by atoms with E-state index in [1.165, 1.54) is 18.4 Å². The first-order valence-corrected chi connectivity index (χ1v) is 7.34. The second kappa shape index (κ2) is 8.88. The Labute approximate surface area is 143 Å². The normalized spacial score (nSPS) is 11.3. The molecular formula is C18H16N2O5. The predicted octanol–water partition coefficient (Wildman–Crippen LogP) is 1.65. The lowest BCUT2D eigenvalue weighted by Gasteiger charge is -2.07. The van der Waals surface area contributed by atoms with E-state index in [0.29, 0.717) is 5.76 Å². The molecule has 0 atom stereocenters. The maximum atomic E-state index is 12.1. The monoisotopic (exact) mass is 340 g/mol. The van der Waals surface area contributed by atoms with Crippen LogP contribution in [0.1, 0.15) is 11.3 Å². The molecule has 2 amide bonds. The Morgan fingerprint density at radius 3 is 2.48 bits per heavy atom. The molecule has 2 aromatic rings. The Balaban J connectivity index is 2.09. The van der Waals surface area contributed by atoms with Gasteiger partial charge >= 0.3 is 5.97 Å². The molecule has 0 saturated carbocycles. The highest BCUT2D eigenvalue weighted by Crippen LogP contribution is 2.07. The number of carbonyl (C=O) groups is 3. The number of hydrogen-bond acceptors (Lipinski definition) is 4. The molecule has 0 radical (unpaired) electrons. The zero-order chi connectivity index (χ0) is 18.1. The quantitative estimate of drug-likeness (QED) is 0.664. The smallest absolute Gasteiger partial charge is 0.322 e. The van der Waals surface area contributed by atoms with Gasteiger partial charge in [0.2, 0.25) is 5.91 Å². The van der Waals surface area contributed by atoms with Crippen molar-refractivity contribution in [2.75, 3.05) is 6.54 Å². The van der Waals surface area contributed by atoms with Gasteiger partial charge in [0.15, 0.2) is 0 Å². The lowest BCUT2D eigenvalue weighted by atomic mass is 10.2. The maximum absolute atomic E-state index is 12.1. The Hall–Kier alpha value is -3.61. The summed E-state index contributed by atoms with van der Waals surface area (Å²) < 4.78 is 5.11. The molecule has 0 fully saturated rings. The molecule has 1 aromatic carbocycles. The summed E-state index contributed by atoms with van der Waals surface area (Å²) in [5.41, 5.74) is 0.698. The molecule has 3 N–H and O–H groups in total. The minimum Gasteiger partial charge on any atom is -0.480 e. The minimum atomic E-state index is -1.19. The molecule has 0 spiro atoms. The summed E-state index contributed by atoms with van der Waals surface area (Å²) in [7, 11) is 0. The third-order valence-electron chi connectivity index (χ3n) is 2.96. The van der Waals surface area contributed by atoms with E-state index in [0.717, 1.165) is 5.56 Å². The Morgan fingerprint density at radius 2 is 1.84 bits per heavy atom. The zero-order valence-electron chi connectivity index (χ0n) is 13.1. The summed E-state index contributed by atoms with van der Waals surface area (Å²) in [6.45, 7) is -0.565. The van der Waals surface area contributed by atoms with Crippen LogP contribution < -0.4 is 10.6 Å². The van der Waals surface area contributed by atoms with Gasteiger partial charge in [-0.3, -0.25) is 14.4 Å². The molecule has 128 valence electrons. The van der Waals surface area contributed by atoms with Crippen molar-refractivity contribution in [3.05, 3.63) is 71.8 Å². The first-order valence-electron chi connectivity index (χ1n) is 7.34. The van der Waals surface area contributed by atoms with E-state index in [2.05, 4.69) is 10.6 Å². The number of hydrogen-bond donors (Lipinski definition) is 3. The van der Waals surface area contributed by atoms with E-state index >= 15 is 0 Å². The number of aliphatic carboxylic acids is 1. The van der Waals surface area contributed by atoms with Crippen molar-refractivity contribution < 1.29 is 23.9 Å². The highest BCUT2D eigenvalue weighted by molar-refractivity contribution is 6.04. The van der Waals surface area contributed by atoms with Crippen molar-refractivity contribution in [1.29, 1.82) is 0 Å². The highest BCUT2D eigenvalue weighted by atomic mass is 16.4. The summed E-state index contributed by atoms with van der Waals surface area (Å²) in [6.07, 6.45) is 5.59. The van der Waals surface area contributed by atoms with Crippen LogP contribution in [0.4, 0.5) is 0 Å². The van der Waals surface area contributed by atoms with Crippen molar-refractivity contribution in [1.82, 2.24) is 10.6 Å². The minimum absolute atomic E-state index is 0.126. The Kier molecular flexibility index (Phi) is 6.30. The average Bonchev–Trinajstić information content (AvgIpc) is 3.11. The first kappa shape index (κ1) is 17.7. The average molecular weight is 340 g/mol. The summed E-state index contributed by atoms with van der Waals surface area (Å²) >= 11 is 0. The SMILES string of the molecule is O=C(O)CNC(=O)/C(=C\c1ccco1)NC(=O)/C=C/c1ccccc1. The zero-order valence-corrected chi connectivity index (χ0v) is 13.1. The number of amides is 2. The van der Waals surface area contributed by atoms with Crippen LogP contribution >= 0.6 is 0 Å². The molecule has 2 rings (SSSR count). The number of rotatable bonds is 7. The lowest BCUT2D eigenvalue weighted by Crippen LogP contribution is -2.36. The van der Waals surface area contributed by atoms with Gasteiger partial charge in [-0.05, 0) is 23.8 Å². The number of furan rings is 1.